The summed E-state index contributed by atoms with van der Waals surface area (Å²) in [6.07, 6.45) is 0.0548. The van der Waals surface area contributed by atoms with Gasteiger partial charge < -0.3 is 20.3 Å². The summed E-state index contributed by atoms with van der Waals surface area (Å²) in [7, 11) is 0. The molecule has 4 heteroatoms. The van der Waals surface area contributed by atoms with Crippen LogP contribution in [0.25, 0.3) is 0 Å². The topological polar surface area (TPSA) is 61.7 Å². The third-order valence-electron chi connectivity index (χ3n) is 3.14. The fraction of sp³-hybridized carbons (Fsp3) is 0.455. The highest BCUT2D eigenvalue weighted by Gasteiger charge is 2.45. The van der Waals surface area contributed by atoms with Crippen molar-refractivity contribution in [3.63, 3.8) is 0 Å². The van der Waals surface area contributed by atoms with Gasteiger partial charge in [-0.25, -0.2) is 0 Å². The van der Waals surface area contributed by atoms with Crippen molar-refractivity contribution in [2.45, 2.75) is 18.1 Å². The molecular weight excluding hydrogens is 194 g/mol. The maximum atomic E-state index is 9.97. The van der Waals surface area contributed by atoms with E-state index in [4.69, 9.17) is 4.74 Å². The minimum absolute atomic E-state index is 0.166. The number of hydrogen-bond donors (Lipinski definition) is 3. The summed E-state index contributed by atoms with van der Waals surface area (Å²) < 4.78 is 5.85. The lowest BCUT2D eigenvalue weighted by molar-refractivity contribution is -0.0483. The molecule has 2 aliphatic heterocycles. The first-order valence-corrected chi connectivity index (χ1v) is 5.09. The molecule has 1 saturated heterocycles. The van der Waals surface area contributed by atoms with Crippen LogP contribution in [0.1, 0.15) is 18.1 Å². The minimum atomic E-state index is -0.539. The highest BCUT2D eigenvalue weighted by molar-refractivity contribution is 5.43. The molecule has 0 unspecified atom stereocenters. The van der Waals surface area contributed by atoms with Crippen LogP contribution in [0.5, 0.6) is 11.5 Å². The monoisotopic (exact) mass is 207 g/mol. The van der Waals surface area contributed by atoms with Gasteiger partial charge in [-0.15, -0.1) is 0 Å². The summed E-state index contributed by atoms with van der Waals surface area (Å²) in [5, 5.41) is 22.4. The highest BCUT2D eigenvalue weighted by Crippen LogP contribution is 2.42. The zero-order valence-corrected chi connectivity index (χ0v) is 8.23. The molecule has 0 bridgehead atoms. The average molecular weight is 207 g/mol. The molecule has 4 nitrogen and oxygen atoms in total. The van der Waals surface area contributed by atoms with Crippen molar-refractivity contribution in [2.75, 3.05) is 13.1 Å². The Kier molecular flexibility index (Phi) is 1.72. The van der Waals surface area contributed by atoms with E-state index in [1.54, 1.807) is 18.2 Å². The number of aliphatic hydroxyl groups is 1. The van der Waals surface area contributed by atoms with E-state index in [1.807, 2.05) is 0 Å². The lowest BCUT2D eigenvalue weighted by Crippen LogP contribution is -2.64. The SMILES string of the molecule is Oc1ccc2c(c1)[C@H](O)CC1(CNC1)O2. The summed E-state index contributed by atoms with van der Waals surface area (Å²) in [5.74, 6) is 0.854. The Hall–Kier alpha value is -1.26. The number of ether oxygens (including phenoxy) is 1. The van der Waals surface area contributed by atoms with E-state index in [9.17, 15) is 10.2 Å². The molecular formula is C11H13NO3. The Morgan fingerprint density at radius 1 is 1.40 bits per heavy atom. The maximum absolute atomic E-state index is 9.97. The molecule has 0 amide bonds. The number of phenolic OH excluding ortho intramolecular Hbond substituents is 1. The maximum Gasteiger partial charge on any atom is 0.136 e. The van der Waals surface area contributed by atoms with Crippen LogP contribution < -0.4 is 10.1 Å². The number of benzene rings is 1. The number of rotatable bonds is 0. The van der Waals surface area contributed by atoms with Gasteiger partial charge in [-0.05, 0) is 18.2 Å². The number of fused-ring (bicyclic) bond motifs is 1. The van der Waals surface area contributed by atoms with Crippen molar-refractivity contribution in [2.24, 2.45) is 0 Å². The second-order valence-electron chi connectivity index (χ2n) is 4.33. The molecule has 3 rings (SSSR count). The van der Waals surface area contributed by atoms with E-state index in [2.05, 4.69) is 5.32 Å². The first-order chi connectivity index (χ1) is 7.19. The predicted molar refractivity (Wildman–Crippen MR) is 53.9 cm³/mol. The van der Waals surface area contributed by atoms with E-state index < -0.39 is 6.10 Å². The number of phenols is 1. The van der Waals surface area contributed by atoms with Gasteiger partial charge in [0.1, 0.15) is 17.1 Å². The Morgan fingerprint density at radius 3 is 2.87 bits per heavy atom. The normalized spacial score (nSPS) is 26.6. The standard InChI is InChI=1S/C11H13NO3/c13-7-1-2-10-8(3-7)9(14)4-11(15-10)5-12-6-11/h1-3,9,12-14H,4-6H2/t9-/m1/s1. The molecule has 1 aromatic carbocycles. The molecule has 1 spiro atoms. The fourth-order valence-electron chi connectivity index (χ4n) is 2.25. The number of aromatic hydroxyl groups is 1. The molecule has 15 heavy (non-hydrogen) atoms. The molecule has 0 aliphatic carbocycles. The van der Waals surface area contributed by atoms with E-state index in [-0.39, 0.29) is 11.4 Å². The van der Waals surface area contributed by atoms with Gasteiger partial charge in [-0.2, -0.15) is 0 Å². The van der Waals surface area contributed by atoms with Crippen molar-refractivity contribution in [3.8, 4) is 11.5 Å². The van der Waals surface area contributed by atoms with Crippen molar-refractivity contribution >= 4 is 0 Å². The quantitative estimate of drug-likeness (QED) is 0.581. The first-order valence-electron chi connectivity index (χ1n) is 5.09. The molecule has 2 heterocycles. The Labute approximate surface area is 87.5 Å². The molecule has 0 radical (unpaired) electrons. The summed E-state index contributed by atoms with van der Waals surface area (Å²) in [6, 6.07) is 4.86. The summed E-state index contributed by atoms with van der Waals surface area (Å²) in [6.45, 7) is 1.56. The van der Waals surface area contributed by atoms with Gasteiger partial charge in [0, 0.05) is 25.1 Å². The number of hydrogen-bond acceptors (Lipinski definition) is 4. The summed E-state index contributed by atoms with van der Waals surface area (Å²) in [4.78, 5) is 0. The van der Waals surface area contributed by atoms with Crippen LogP contribution >= 0.6 is 0 Å². The second-order valence-corrected chi connectivity index (χ2v) is 4.33. The average Bonchev–Trinajstić information content (AvgIpc) is 2.16. The molecule has 0 aromatic heterocycles. The van der Waals surface area contributed by atoms with Gasteiger partial charge >= 0.3 is 0 Å². The molecule has 1 fully saturated rings. The van der Waals surface area contributed by atoms with Crippen molar-refractivity contribution in [1.29, 1.82) is 0 Å². The number of aliphatic hydroxyl groups excluding tert-OH is 1. The first kappa shape index (κ1) is 9.00. The number of nitrogens with one attached hydrogen (secondary N) is 1. The smallest absolute Gasteiger partial charge is 0.136 e. The highest BCUT2D eigenvalue weighted by atomic mass is 16.5. The van der Waals surface area contributed by atoms with Crippen LogP contribution in [-0.2, 0) is 0 Å². The minimum Gasteiger partial charge on any atom is -0.508 e. The molecule has 1 atom stereocenters. The summed E-state index contributed by atoms with van der Waals surface area (Å²) in [5.41, 5.74) is 0.455. The van der Waals surface area contributed by atoms with Crippen LogP contribution in [0.15, 0.2) is 18.2 Å². The second kappa shape index (κ2) is 2.87. The lowest BCUT2D eigenvalue weighted by atomic mass is 9.84. The van der Waals surface area contributed by atoms with E-state index in [0.29, 0.717) is 17.7 Å². The van der Waals surface area contributed by atoms with Gasteiger partial charge in [-0.3, -0.25) is 0 Å². The summed E-state index contributed by atoms with van der Waals surface area (Å²) >= 11 is 0. The Morgan fingerprint density at radius 2 is 2.20 bits per heavy atom. The van der Waals surface area contributed by atoms with Crippen molar-refractivity contribution < 1.29 is 14.9 Å². The Bertz CT molecular complexity index is 401. The van der Waals surface area contributed by atoms with Gasteiger partial charge in [0.25, 0.3) is 0 Å². The molecule has 2 aliphatic rings. The van der Waals surface area contributed by atoms with Crippen LogP contribution in [0.3, 0.4) is 0 Å². The van der Waals surface area contributed by atoms with Gasteiger partial charge in [0.15, 0.2) is 0 Å². The zero-order chi connectivity index (χ0) is 10.5. The van der Waals surface area contributed by atoms with E-state index in [0.717, 1.165) is 13.1 Å². The van der Waals surface area contributed by atoms with Crippen molar-refractivity contribution in [1.82, 2.24) is 5.32 Å². The molecule has 3 N–H and O–H groups in total. The third-order valence-corrected chi connectivity index (χ3v) is 3.14. The molecule has 0 saturated carbocycles. The van der Waals surface area contributed by atoms with Gasteiger partial charge in [0.2, 0.25) is 0 Å². The Balaban J connectivity index is 2.01. The third kappa shape index (κ3) is 1.29. The molecule has 80 valence electrons. The predicted octanol–water partition coefficient (Wildman–Crippen LogP) is 0.550. The largest absolute Gasteiger partial charge is 0.508 e. The zero-order valence-electron chi connectivity index (χ0n) is 8.23. The van der Waals surface area contributed by atoms with Crippen LogP contribution in [0.2, 0.25) is 0 Å². The van der Waals surface area contributed by atoms with Gasteiger partial charge in [0.05, 0.1) is 6.10 Å². The van der Waals surface area contributed by atoms with Crippen molar-refractivity contribution in [3.05, 3.63) is 23.8 Å². The van der Waals surface area contributed by atoms with Crippen LogP contribution in [-0.4, -0.2) is 28.9 Å². The fourth-order valence-corrected chi connectivity index (χ4v) is 2.25. The van der Waals surface area contributed by atoms with Gasteiger partial charge in [-0.1, -0.05) is 0 Å². The van der Waals surface area contributed by atoms with Crippen LogP contribution in [0.4, 0.5) is 0 Å². The van der Waals surface area contributed by atoms with E-state index >= 15 is 0 Å². The lowest BCUT2D eigenvalue weighted by Gasteiger charge is -2.47. The van der Waals surface area contributed by atoms with Crippen LogP contribution in [0, 0.1) is 0 Å². The molecule has 1 aromatic rings. The van der Waals surface area contributed by atoms with E-state index in [1.165, 1.54) is 0 Å².